The van der Waals surface area contributed by atoms with E-state index in [2.05, 4.69) is 10.3 Å². The van der Waals surface area contributed by atoms with Crippen molar-refractivity contribution in [2.45, 2.75) is 19.8 Å². The Balaban J connectivity index is 2.51. The van der Waals surface area contributed by atoms with Gasteiger partial charge in [0, 0.05) is 6.42 Å². The third-order valence-electron chi connectivity index (χ3n) is 2.37. The zero-order valence-electron chi connectivity index (χ0n) is 9.24. The summed E-state index contributed by atoms with van der Waals surface area (Å²) in [6.07, 6.45) is 1.31. The lowest BCUT2D eigenvalue weighted by Gasteiger charge is -2.11. The summed E-state index contributed by atoms with van der Waals surface area (Å²) in [4.78, 5) is 15.6. The average Bonchev–Trinajstić information content (AvgIpc) is 2.26. The van der Waals surface area contributed by atoms with Gasteiger partial charge < -0.3 is 11.1 Å². The first-order chi connectivity index (χ1) is 7.65. The summed E-state index contributed by atoms with van der Waals surface area (Å²) in [6, 6.07) is 5.10. The fourth-order valence-corrected chi connectivity index (χ4v) is 1.49. The molecule has 0 saturated heterocycles. The zero-order chi connectivity index (χ0) is 12.0. The summed E-state index contributed by atoms with van der Waals surface area (Å²) in [5.41, 5.74) is 5.53. The molecule has 1 atom stereocenters. The molecule has 0 saturated carbocycles. The molecule has 3 N–H and O–H groups in total. The molecule has 1 amide bonds. The van der Waals surface area contributed by atoms with Crippen molar-refractivity contribution in [3.8, 4) is 0 Å². The van der Waals surface area contributed by atoms with Gasteiger partial charge in [-0.3, -0.25) is 4.79 Å². The summed E-state index contributed by atoms with van der Waals surface area (Å²) in [7, 11) is 0. The van der Waals surface area contributed by atoms with Crippen molar-refractivity contribution >= 4 is 23.3 Å². The average molecular weight is 242 g/mol. The molecule has 1 rings (SSSR count). The van der Waals surface area contributed by atoms with Crippen LogP contribution in [0, 0.1) is 5.92 Å². The van der Waals surface area contributed by atoms with Crippen LogP contribution in [0.2, 0.25) is 5.15 Å². The highest BCUT2D eigenvalue weighted by Gasteiger charge is 2.10. The maximum Gasteiger partial charge on any atom is 0.225 e. The minimum Gasteiger partial charge on any atom is -0.330 e. The molecular formula is C11H16ClN3O. The van der Waals surface area contributed by atoms with Crippen molar-refractivity contribution in [1.82, 2.24) is 4.98 Å². The van der Waals surface area contributed by atoms with E-state index < -0.39 is 0 Å². The highest BCUT2D eigenvalue weighted by molar-refractivity contribution is 6.29. The zero-order valence-corrected chi connectivity index (χ0v) is 10.00. The summed E-state index contributed by atoms with van der Waals surface area (Å²) >= 11 is 5.71. The summed E-state index contributed by atoms with van der Waals surface area (Å²) in [5.74, 6) is 0.621. The van der Waals surface area contributed by atoms with Crippen LogP contribution >= 0.6 is 11.6 Å². The van der Waals surface area contributed by atoms with E-state index in [0.717, 1.165) is 6.42 Å². The first-order valence-corrected chi connectivity index (χ1v) is 5.66. The third kappa shape index (κ3) is 4.16. The van der Waals surface area contributed by atoms with Gasteiger partial charge >= 0.3 is 0 Å². The van der Waals surface area contributed by atoms with E-state index in [0.29, 0.717) is 23.9 Å². The SMILES string of the molecule is CCC(CN)CC(=O)Nc1cccc(Cl)n1. The number of nitrogens with one attached hydrogen (secondary N) is 1. The Morgan fingerprint density at radius 3 is 2.94 bits per heavy atom. The van der Waals surface area contributed by atoms with Crippen LogP contribution in [0.25, 0.3) is 0 Å². The Morgan fingerprint density at radius 1 is 1.62 bits per heavy atom. The molecule has 0 aliphatic rings. The summed E-state index contributed by atoms with van der Waals surface area (Å²) < 4.78 is 0. The molecule has 0 aliphatic heterocycles. The number of pyridine rings is 1. The second-order valence-electron chi connectivity index (χ2n) is 3.61. The molecule has 0 spiro atoms. The molecule has 0 aromatic carbocycles. The molecular weight excluding hydrogens is 226 g/mol. The monoisotopic (exact) mass is 241 g/mol. The lowest BCUT2D eigenvalue weighted by Crippen LogP contribution is -2.22. The number of hydrogen-bond acceptors (Lipinski definition) is 3. The van der Waals surface area contributed by atoms with Gasteiger partial charge in [0.15, 0.2) is 0 Å². The van der Waals surface area contributed by atoms with Crippen LogP contribution in [-0.4, -0.2) is 17.4 Å². The largest absolute Gasteiger partial charge is 0.330 e. The lowest BCUT2D eigenvalue weighted by atomic mass is 10.0. The van der Waals surface area contributed by atoms with Gasteiger partial charge in [-0.25, -0.2) is 4.98 Å². The molecule has 88 valence electrons. The normalized spacial score (nSPS) is 12.2. The smallest absolute Gasteiger partial charge is 0.225 e. The molecule has 16 heavy (non-hydrogen) atoms. The van der Waals surface area contributed by atoms with Crippen LogP contribution in [0.1, 0.15) is 19.8 Å². The molecule has 0 radical (unpaired) electrons. The number of aromatic nitrogens is 1. The topological polar surface area (TPSA) is 68.0 Å². The van der Waals surface area contributed by atoms with Crippen LogP contribution in [-0.2, 0) is 4.79 Å². The van der Waals surface area contributed by atoms with Gasteiger partial charge in [-0.15, -0.1) is 0 Å². The number of halogens is 1. The Kier molecular flexibility index (Phi) is 5.22. The highest BCUT2D eigenvalue weighted by Crippen LogP contribution is 2.11. The predicted molar refractivity (Wildman–Crippen MR) is 65.3 cm³/mol. The van der Waals surface area contributed by atoms with Crippen LogP contribution < -0.4 is 11.1 Å². The Labute approximate surface area is 100 Å². The fraction of sp³-hybridized carbons (Fsp3) is 0.455. The predicted octanol–water partition coefficient (Wildman–Crippen LogP) is 2.05. The van der Waals surface area contributed by atoms with Crippen LogP contribution in [0.15, 0.2) is 18.2 Å². The van der Waals surface area contributed by atoms with Gasteiger partial charge in [0.2, 0.25) is 5.91 Å². The fourth-order valence-electron chi connectivity index (χ4n) is 1.33. The number of nitrogens with two attached hydrogens (primary N) is 1. The van der Waals surface area contributed by atoms with E-state index in [9.17, 15) is 4.79 Å². The molecule has 1 heterocycles. The Morgan fingerprint density at radius 2 is 2.38 bits per heavy atom. The lowest BCUT2D eigenvalue weighted by molar-refractivity contribution is -0.117. The van der Waals surface area contributed by atoms with E-state index in [1.165, 1.54) is 0 Å². The molecule has 0 aliphatic carbocycles. The van der Waals surface area contributed by atoms with Gasteiger partial charge in [-0.1, -0.05) is 31.0 Å². The van der Waals surface area contributed by atoms with E-state index >= 15 is 0 Å². The summed E-state index contributed by atoms with van der Waals surface area (Å²) in [6.45, 7) is 2.54. The maximum atomic E-state index is 11.6. The van der Waals surface area contributed by atoms with Crippen LogP contribution in [0.4, 0.5) is 5.82 Å². The molecule has 1 unspecified atom stereocenters. The van der Waals surface area contributed by atoms with Crippen molar-refractivity contribution in [2.24, 2.45) is 11.7 Å². The number of rotatable bonds is 5. The van der Waals surface area contributed by atoms with E-state index in [-0.39, 0.29) is 11.8 Å². The standard InChI is InChI=1S/C11H16ClN3O/c1-2-8(7-13)6-11(16)15-10-5-3-4-9(12)14-10/h3-5,8H,2,6-7,13H2,1H3,(H,14,15,16). The molecule has 5 heteroatoms. The highest BCUT2D eigenvalue weighted by atomic mass is 35.5. The molecule has 0 fully saturated rings. The quantitative estimate of drug-likeness (QED) is 0.776. The van der Waals surface area contributed by atoms with Gasteiger partial charge in [0.1, 0.15) is 11.0 Å². The number of amides is 1. The van der Waals surface area contributed by atoms with Crippen LogP contribution in [0.5, 0.6) is 0 Å². The van der Waals surface area contributed by atoms with Crippen LogP contribution in [0.3, 0.4) is 0 Å². The minimum absolute atomic E-state index is 0.0768. The van der Waals surface area contributed by atoms with Gasteiger partial charge in [0.05, 0.1) is 0 Å². The number of carbonyl (C=O) groups is 1. The van der Waals surface area contributed by atoms with Crippen molar-refractivity contribution in [3.05, 3.63) is 23.4 Å². The molecule has 1 aromatic rings. The first-order valence-electron chi connectivity index (χ1n) is 5.28. The number of anilines is 1. The molecule has 1 aromatic heterocycles. The molecule has 4 nitrogen and oxygen atoms in total. The van der Waals surface area contributed by atoms with E-state index in [1.54, 1.807) is 18.2 Å². The third-order valence-corrected chi connectivity index (χ3v) is 2.58. The van der Waals surface area contributed by atoms with Gasteiger partial charge in [-0.2, -0.15) is 0 Å². The summed E-state index contributed by atoms with van der Waals surface area (Å²) in [5, 5.41) is 3.06. The van der Waals surface area contributed by atoms with Crippen molar-refractivity contribution in [1.29, 1.82) is 0 Å². The van der Waals surface area contributed by atoms with Gasteiger partial charge in [0.25, 0.3) is 0 Å². The van der Waals surface area contributed by atoms with Crippen molar-refractivity contribution in [2.75, 3.05) is 11.9 Å². The first kappa shape index (κ1) is 12.9. The van der Waals surface area contributed by atoms with E-state index in [4.69, 9.17) is 17.3 Å². The van der Waals surface area contributed by atoms with Gasteiger partial charge in [-0.05, 0) is 24.6 Å². The number of hydrogen-bond donors (Lipinski definition) is 2. The van der Waals surface area contributed by atoms with Crippen molar-refractivity contribution < 1.29 is 4.79 Å². The number of carbonyl (C=O) groups excluding carboxylic acids is 1. The Bertz CT molecular complexity index is 353. The molecule has 0 bridgehead atoms. The number of nitrogens with zero attached hydrogens (tertiary/aromatic N) is 1. The minimum atomic E-state index is -0.0768. The van der Waals surface area contributed by atoms with E-state index in [1.807, 2.05) is 6.92 Å². The Hall–Kier alpha value is -1.13. The maximum absolute atomic E-state index is 11.6. The second kappa shape index (κ2) is 6.45. The second-order valence-corrected chi connectivity index (χ2v) is 4.00. The van der Waals surface area contributed by atoms with Crippen molar-refractivity contribution in [3.63, 3.8) is 0 Å².